The fourth-order valence-corrected chi connectivity index (χ4v) is 2.39. The zero-order valence-corrected chi connectivity index (χ0v) is 11.9. The molecule has 100 valence electrons. The lowest BCUT2D eigenvalue weighted by Gasteiger charge is -2.11. The van der Waals surface area contributed by atoms with Crippen LogP contribution >= 0.6 is 0 Å². The summed E-state index contributed by atoms with van der Waals surface area (Å²) in [6.07, 6.45) is 1.68. The van der Waals surface area contributed by atoms with Crippen LogP contribution in [0.15, 0.2) is 53.4 Å². The van der Waals surface area contributed by atoms with Gasteiger partial charge in [-0.3, -0.25) is 4.21 Å². The van der Waals surface area contributed by atoms with E-state index in [2.05, 4.69) is 5.32 Å². The predicted molar refractivity (Wildman–Crippen MR) is 79.1 cm³/mol. The molecule has 3 nitrogen and oxygen atoms in total. The number of hydrogen-bond acceptors (Lipinski definition) is 3. The first-order chi connectivity index (χ1) is 9.20. The molecule has 0 amide bonds. The normalized spacial score (nSPS) is 11.9. The molecule has 1 atom stereocenters. The molecule has 4 heteroatoms. The second-order valence-corrected chi connectivity index (χ2v) is 5.53. The summed E-state index contributed by atoms with van der Waals surface area (Å²) in [5, 5.41) is 3.32. The number of hydrogen-bond donors (Lipinski definition) is 1. The van der Waals surface area contributed by atoms with E-state index in [4.69, 9.17) is 4.74 Å². The first kappa shape index (κ1) is 13.6. The first-order valence-electron chi connectivity index (χ1n) is 6.00. The number of anilines is 1. The van der Waals surface area contributed by atoms with Gasteiger partial charge in [-0.05, 0) is 24.3 Å². The number of para-hydroxylation sites is 1. The Morgan fingerprint density at radius 1 is 1.16 bits per heavy atom. The molecular weight excluding hydrogens is 258 g/mol. The average molecular weight is 275 g/mol. The molecule has 0 aliphatic carbocycles. The Morgan fingerprint density at radius 2 is 1.95 bits per heavy atom. The molecule has 0 aliphatic heterocycles. The van der Waals surface area contributed by atoms with Gasteiger partial charge in [-0.2, -0.15) is 0 Å². The van der Waals surface area contributed by atoms with Crippen LogP contribution in [0.5, 0.6) is 5.75 Å². The summed E-state index contributed by atoms with van der Waals surface area (Å²) in [5.74, 6) is 0.866. The van der Waals surface area contributed by atoms with Crippen molar-refractivity contribution in [1.29, 1.82) is 0 Å². The molecule has 0 spiro atoms. The summed E-state index contributed by atoms with van der Waals surface area (Å²) in [4.78, 5) is 0.824. The van der Waals surface area contributed by atoms with Crippen LogP contribution in [0.4, 0.5) is 5.69 Å². The Balaban J connectivity index is 2.10. The maximum atomic E-state index is 11.4. The van der Waals surface area contributed by atoms with Crippen LogP contribution in [0.1, 0.15) is 5.56 Å². The van der Waals surface area contributed by atoms with Crippen LogP contribution in [0, 0.1) is 0 Å². The second kappa shape index (κ2) is 6.38. The molecule has 0 unspecified atom stereocenters. The van der Waals surface area contributed by atoms with Gasteiger partial charge in [-0.25, -0.2) is 0 Å². The van der Waals surface area contributed by atoms with Crippen molar-refractivity contribution in [2.24, 2.45) is 0 Å². The number of rotatable bonds is 5. The Morgan fingerprint density at radius 3 is 2.68 bits per heavy atom. The fraction of sp³-hybridized carbons (Fsp3) is 0.200. The minimum absolute atomic E-state index is 0.670. The minimum Gasteiger partial charge on any atom is -0.496 e. The molecule has 0 saturated carbocycles. The zero-order chi connectivity index (χ0) is 13.7. The molecule has 0 heterocycles. The summed E-state index contributed by atoms with van der Waals surface area (Å²) in [6, 6.07) is 15.5. The number of ether oxygens (including phenoxy) is 1. The monoisotopic (exact) mass is 275 g/mol. The number of benzene rings is 2. The van der Waals surface area contributed by atoms with E-state index in [-0.39, 0.29) is 0 Å². The van der Waals surface area contributed by atoms with E-state index in [9.17, 15) is 4.21 Å². The van der Waals surface area contributed by atoms with Crippen molar-refractivity contribution in [1.82, 2.24) is 0 Å². The molecule has 0 aliphatic rings. The second-order valence-electron chi connectivity index (χ2n) is 4.15. The standard InChI is InChI=1S/C15H17NO2S/c1-18-15-9-4-3-6-12(15)11-16-13-7-5-8-14(10-13)19(2)17/h3-10,16H,11H2,1-2H3/t19-/m1/s1. The fourth-order valence-electron chi connectivity index (χ4n) is 1.83. The minimum atomic E-state index is -0.958. The largest absolute Gasteiger partial charge is 0.496 e. The predicted octanol–water partition coefficient (Wildman–Crippen LogP) is 3.04. The van der Waals surface area contributed by atoms with Crippen molar-refractivity contribution >= 4 is 16.5 Å². The number of methoxy groups -OCH3 is 1. The van der Waals surface area contributed by atoms with Crippen LogP contribution in [0.2, 0.25) is 0 Å². The van der Waals surface area contributed by atoms with E-state index in [0.29, 0.717) is 6.54 Å². The van der Waals surface area contributed by atoms with Gasteiger partial charge in [0, 0.05) is 39.7 Å². The summed E-state index contributed by atoms with van der Waals surface area (Å²) in [6.45, 7) is 0.670. The van der Waals surface area contributed by atoms with Gasteiger partial charge >= 0.3 is 0 Å². The molecule has 1 N–H and O–H groups in total. The lowest BCUT2D eigenvalue weighted by Crippen LogP contribution is -2.02. The van der Waals surface area contributed by atoms with E-state index in [1.807, 2.05) is 48.5 Å². The molecule has 0 bridgehead atoms. The highest BCUT2D eigenvalue weighted by Crippen LogP contribution is 2.20. The van der Waals surface area contributed by atoms with Gasteiger partial charge in [0.25, 0.3) is 0 Å². The zero-order valence-electron chi connectivity index (χ0n) is 11.1. The Kier molecular flexibility index (Phi) is 4.58. The van der Waals surface area contributed by atoms with Gasteiger partial charge in [0.05, 0.1) is 7.11 Å². The van der Waals surface area contributed by atoms with Crippen LogP contribution in [0.25, 0.3) is 0 Å². The van der Waals surface area contributed by atoms with Crippen molar-refractivity contribution in [2.75, 3.05) is 18.7 Å². The van der Waals surface area contributed by atoms with Crippen molar-refractivity contribution in [2.45, 2.75) is 11.4 Å². The quantitative estimate of drug-likeness (QED) is 0.911. The smallest absolute Gasteiger partial charge is 0.123 e. The third-order valence-corrected chi connectivity index (χ3v) is 3.76. The van der Waals surface area contributed by atoms with Crippen molar-refractivity contribution < 1.29 is 8.95 Å². The SMILES string of the molecule is COc1ccccc1CNc1cccc([S@@](C)=O)c1. The van der Waals surface area contributed by atoms with E-state index < -0.39 is 10.8 Å². The maximum Gasteiger partial charge on any atom is 0.123 e. The molecule has 0 fully saturated rings. The molecule has 0 aromatic heterocycles. The highest BCUT2D eigenvalue weighted by atomic mass is 32.2. The lowest BCUT2D eigenvalue weighted by molar-refractivity contribution is 0.410. The molecule has 0 radical (unpaired) electrons. The molecule has 2 aromatic carbocycles. The van der Waals surface area contributed by atoms with Crippen molar-refractivity contribution in [3.63, 3.8) is 0 Å². The molecule has 19 heavy (non-hydrogen) atoms. The van der Waals surface area contributed by atoms with Crippen LogP contribution in [-0.4, -0.2) is 17.6 Å². The van der Waals surface area contributed by atoms with Gasteiger partial charge < -0.3 is 10.1 Å². The van der Waals surface area contributed by atoms with Crippen LogP contribution in [-0.2, 0) is 17.3 Å². The summed E-state index contributed by atoms with van der Waals surface area (Å²) in [7, 11) is 0.708. The third kappa shape index (κ3) is 3.58. The summed E-state index contributed by atoms with van der Waals surface area (Å²) >= 11 is 0. The van der Waals surface area contributed by atoms with Gasteiger partial charge in [-0.15, -0.1) is 0 Å². The number of nitrogens with one attached hydrogen (secondary N) is 1. The molecule has 0 saturated heterocycles. The Bertz CT molecular complexity index is 584. The highest BCUT2D eigenvalue weighted by Gasteiger charge is 2.02. The van der Waals surface area contributed by atoms with E-state index in [0.717, 1.165) is 21.9 Å². The van der Waals surface area contributed by atoms with E-state index >= 15 is 0 Å². The molecular formula is C15H17NO2S. The Labute approximate surface area is 116 Å². The van der Waals surface area contributed by atoms with Gasteiger partial charge in [-0.1, -0.05) is 24.3 Å². The topological polar surface area (TPSA) is 38.3 Å². The van der Waals surface area contributed by atoms with Gasteiger partial charge in [0.15, 0.2) is 0 Å². The van der Waals surface area contributed by atoms with Gasteiger partial charge in [0.2, 0.25) is 0 Å². The maximum absolute atomic E-state index is 11.4. The van der Waals surface area contributed by atoms with Crippen molar-refractivity contribution in [3.8, 4) is 5.75 Å². The molecule has 2 rings (SSSR count). The lowest BCUT2D eigenvalue weighted by atomic mass is 10.2. The first-order valence-corrected chi connectivity index (χ1v) is 7.56. The highest BCUT2D eigenvalue weighted by molar-refractivity contribution is 7.84. The summed E-state index contributed by atoms with van der Waals surface area (Å²) < 4.78 is 16.7. The van der Waals surface area contributed by atoms with E-state index in [1.54, 1.807) is 13.4 Å². The molecule has 2 aromatic rings. The third-order valence-electron chi connectivity index (χ3n) is 2.84. The summed E-state index contributed by atoms with van der Waals surface area (Å²) in [5.41, 5.74) is 2.05. The Hall–Kier alpha value is -1.81. The van der Waals surface area contributed by atoms with E-state index in [1.165, 1.54) is 0 Å². The van der Waals surface area contributed by atoms with Crippen LogP contribution < -0.4 is 10.1 Å². The van der Waals surface area contributed by atoms with Gasteiger partial charge in [0.1, 0.15) is 5.75 Å². The van der Waals surface area contributed by atoms with Crippen molar-refractivity contribution in [3.05, 3.63) is 54.1 Å². The van der Waals surface area contributed by atoms with Crippen LogP contribution in [0.3, 0.4) is 0 Å². The average Bonchev–Trinajstić information content (AvgIpc) is 2.45.